The van der Waals surface area contributed by atoms with Gasteiger partial charge in [-0.25, -0.2) is 4.79 Å². The van der Waals surface area contributed by atoms with Gasteiger partial charge in [-0.1, -0.05) is 0 Å². The number of nitrogens with zero attached hydrogens (tertiary/aromatic N) is 1. The number of carboxylic acid groups (broad SMARTS) is 1. The molecular formula is C14H24N2O5. The molecule has 2 saturated heterocycles. The van der Waals surface area contributed by atoms with Crippen LogP contribution < -0.4 is 5.32 Å². The second kappa shape index (κ2) is 5.14. The predicted molar refractivity (Wildman–Crippen MR) is 74.9 cm³/mol. The zero-order valence-electron chi connectivity index (χ0n) is 12.8. The Labute approximate surface area is 124 Å². The third-order valence-corrected chi connectivity index (χ3v) is 4.24. The van der Waals surface area contributed by atoms with Gasteiger partial charge in [-0.2, -0.15) is 0 Å². The predicted octanol–water partition coefficient (Wildman–Crippen LogP) is 0.423. The van der Waals surface area contributed by atoms with E-state index < -0.39 is 28.7 Å². The van der Waals surface area contributed by atoms with E-state index >= 15 is 0 Å². The van der Waals surface area contributed by atoms with Crippen molar-refractivity contribution < 1.29 is 24.5 Å². The summed E-state index contributed by atoms with van der Waals surface area (Å²) < 4.78 is 5.23. The van der Waals surface area contributed by atoms with Gasteiger partial charge < -0.3 is 25.2 Å². The van der Waals surface area contributed by atoms with Crippen molar-refractivity contribution >= 4 is 12.1 Å². The lowest BCUT2D eigenvalue weighted by molar-refractivity contribution is -0.201. The summed E-state index contributed by atoms with van der Waals surface area (Å²) in [4.78, 5) is 25.0. The lowest BCUT2D eigenvalue weighted by Crippen LogP contribution is -2.75. The molecule has 21 heavy (non-hydrogen) atoms. The number of nitrogens with one attached hydrogen (secondary N) is 1. The van der Waals surface area contributed by atoms with E-state index in [1.54, 1.807) is 20.8 Å². The second-order valence-corrected chi connectivity index (χ2v) is 7.04. The molecule has 0 aromatic heterocycles. The molecule has 2 rings (SSSR count). The van der Waals surface area contributed by atoms with Crippen LogP contribution in [0, 0.1) is 5.41 Å². The van der Waals surface area contributed by atoms with Gasteiger partial charge in [0.05, 0.1) is 13.1 Å². The van der Waals surface area contributed by atoms with Gasteiger partial charge in [0.1, 0.15) is 16.6 Å². The van der Waals surface area contributed by atoms with Gasteiger partial charge in [0.15, 0.2) is 0 Å². The number of likely N-dealkylation sites (tertiary alicyclic amines) is 1. The SMILES string of the molecule is CC(C)(C)OC(=O)N1CC(O)(C2(C(=O)O)CCCNC2)C1. The molecule has 1 amide bonds. The third-order valence-electron chi connectivity index (χ3n) is 4.24. The number of ether oxygens (including phenoxy) is 1. The maximum absolute atomic E-state index is 11.9. The fraction of sp³-hybridized carbons (Fsp3) is 0.857. The average Bonchev–Trinajstić information content (AvgIpc) is 2.33. The van der Waals surface area contributed by atoms with Crippen LogP contribution in [0.5, 0.6) is 0 Å². The average molecular weight is 300 g/mol. The molecule has 0 aromatic rings. The van der Waals surface area contributed by atoms with E-state index in [1.807, 2.05) is 0 Å². The van der Waals surface area contributed by atoms with Crippen molar-refractivity contribution in [3.8, 4) is 0 Å². The molecule has 0 spiro atoms. The molecule has 7 nitrogen and oxygen atoms in total. The molecule has 0 radical (unpaired) electrons. The summed E-state index contributed by atoms with van der Waals surface area (Å²) in [5.74, 6) is -1.01. The van der Waals surface area contributed by atoms with Gasteiger partial charge in [0.25, 0.3) is 0 Å². The molecule has 1 unspecified atom stereocenters. The van der Waals surface area contributed by atoms with Crippen LogP contribution in [-0.2, 0) is 9.53 Å². The standard InChI is InChI=1S/C14H24N2O5/c1-12(2,3)21-11(19)16-8-14(20,9-16)13(10(17)18)5-4-6-15-7-13/h15,20H,4-9H2,1-3H3,(H,17,18). The smallest absolute Gasteiger partial charge is 0.410 e. The monoisotopic (exact) mass is 300 g/mol. The van der Waals surface area contributed by atoms with Crippen molar-refractivity contribution in [1.82, 2.24) is 10.2 Å². The number of aliphatic hydroxyl groups is 1. The van der Waals surface area contributed by atoms with Crippen molar-refractivity contribution in [2.24, 2.45) is 5.41 Å². The lowest BCUT2D eigenvalue weighted by Gasteiger charge is -2.55. The quantitative estimate of drug-likeness (QED) is 0.683. The highest BCUT2D eigenvalue weighted by Gasteiger charge is 2.63. The van der Waals surface area contributed by atoms with Crippen LogP contribution >= 0.6 is 0 Å². The van der Waals surface area contributed by atoms with Gasteiger partial charge >= 0.3 is 12.1 Å². The van der Waals surface area contributed by atoms with Gasteiger partial charge in [-0.15, -0.1) is 0 Å². The fourth-order valence-electron chi connectivity index (χ4n) is 3.03. The molecule has 7 heteroatoms. The first-order chi connectivity index (χ1) is 9.60. The van der Waals surface area contributed by atoms with Crippen LogP contribution in [0.1, 0.15) is 33.6 Å². The Kier molecular flexibility index (Phi) is 3.92. The Hall–Kier alpha value is -1.34. The lowest BCUT2D eigenvalue weighted by atomic mass is 9.63. The minimum Gasteiger partial charge on any atom is -0.481 e. The third kappa shape index (κ3) is 2.85. The van der Waals surface area contributed by atoms with Crippen molar-refractivity contribution in [1.29, 1.82) is 0 Å². The molecule has 0 bridgehead atoms. The van der Waals surface area contributed by atoms with Crippen LogP contribution in [0.4, 0.5) is 4.79 Å². The summed E-state index contributed by atoms with van der Waals surface area (Å²) in [7, 11) is 0. The zero-order valence-corrected chi connectivity index (χ0v) is 12.8. The van der Waals surface area contributed by atoms with Crippen molar-refractivity contribution in [3.05, 3.63) is 0 Å². The van der Waals surface area contributed by atoms with Crippen molar-refractivity contribution in [2.75, 3.05) is 26.2 Å². The van der Waals surface area contributed by atoms with Crippen LogP contribution in [0.25, 0.3) is 0 Å². The van der Waals surface area contributed by atoms with Crippen LogP contribution in [0.15, 0.2) is 0 Å². The Morgan fingerprint density at radius 3 is 2.33 bits per heavy atom. The number of rotatable bonds is 2. The minimum atomic E-state index is -1.40. The maximum Gasteiger partial charge on any atom is 0.410 e. The van der Waals surface area contributed by atoms with Gasteiger partial charge in [0, 0.05) is 6.54 Å². The number of hydrogen-bond acceptors (Lipinski definition) is 5. The molecule has 3 N–H and O–H groups in total. The molecule has 2 fully saturated rings. The van der Waals surface area contributed by atoms with E-state index in [9.17, 15) is 19.8 Å². The Morgan fingerprint density at radius 2 is 1.90 bits per heavy atom. The molecule has 1 atom stereocenters. The van der Waals surface area contributed by atoms with Gasteiger partial charge in [-0.05, 0) is 40.2 Å². The largest absolute Gasteiger partial charge is 0.481 e. The summed E-state index contributed by atoms with van der Waals surface area (Å²) in [5, 5.41) is 23.3. The van der Waals surface area contributed by atoms with Crippen LogP contribution in [0.2, 0.25) is 0 Å². The minimum absolute atomic E-state index is 0.00407. The highest BCUT2D eigenvalue weighted by atomic mass is 16.6. The van der Waals surface area contributed by atoms with E-state index in [0.717, 1.165) is 6.54 Å². The normalized spacial score (nSPS) is 28.7. The fourth-order valence-corrected chi connectivity index (χ4v) is 3.03. The van der Waals surface area contributed by atoms with Crippen LogP contribution in [0.3, 0.4) is 0 Å². The molecule has 0 saturated carbocycles. The number of aliphatic carboxylic acids is 1. The molecule has 0 aliphatic carbocycles. The summed E-state index contributed by atoms with van der Waals surface area (Å²) >= 11 is 0. The molecule has 0 aromatic carbocycles. The zero-order chi connectivity index (χ0) is 15.9. The summed E-state index contributed by atoms with van der Waals surface area (Å²) in [6.45, 7) is 6.26. The summed E-state index contributed by atoms with van der Waals surface area (Å²) in [6.07, 6.45) is 0.589. The van der Waals surface area contributed by atoms with Crippen molar-refractivity contribution in [3.63, 3.8) is 0 Å². The molecule has 2 aliphatic heterocycles. The van der Waals surface area contributed by atoms with E-state index in [-0.39, 0.29) is 19.6 Å². The number of amides is 1. The number of carbonyl (C=O) groups excluding carboxylic acids is 1. The molecule has 2 aliphatic rings. The van der Waals surface area contributed by atoms with Crippen molar-refractivity contribution in [2.45, 2.75) is 44.8 Å². The van der Waals surface area contributed by atoms with Gasteiger partial charge in [0.2, 0.25) is 0 Å². The van der Waals surface area contributed by atoms with E-state index in [2.05, 4.69) is 5.32 Å². The number of hydrogen-bond donors (Lipinski definition) is 3. The molecule has 120 valence electrons. The summed E-state index contributed by atoms with van der Waals surface area (Å²) in [5.41, 5.74) is -3.24. The number of β-amino-alcohol motifs (C(OH)–C–C–N with tert-alkyl or cyclic N) is 1. The topological polar surface area (TPSA) is 99.1 Å². The van der Waals surface area contributed by atoms with Crippen LogP contribution in [-0.4, -0.2) is 64.6 Å². The number of piperidine rings is 1. The van der Waals surface area contributed by atoms with E-state index in [0.29, 0.717) is 12.8 Å². The molecule has 2 heterocycles. The first-order valence-corrected chi connectivity index (χ1v) is 7.24. The summed E-state index contributed by atoms with van der Waals surface area (Å²) in [6, 6.07) is 0. The molecular weight excluding hydrogens is 276 g/mol. The Morgan fingerprint density at radius 1 is 1.29 bits per heavy atom. The van der Waals surface area contributed by atoms with E-state index in [1.165, 1.54) is 4.90 Å². The first kappa shape index (κ1) is 16.0. The Bertz CT molecular complexity index is 431. The second-order valence-electron chi connectivity index (χ2n) is 7.04. The number of carboxylic acids is 1. The number of carbonyl (C=O) groups is 2. The Balaban J connectivity index is 2.05. The first-order valence-electron chi connectivity index (χ1n) is 7.24. The highest BCUT2D eigenvalue weighted by molar-refractivity contribution is 5.79. The highest BCUT2D eigenvalue weighted by Crippen LogP contribution is 2.44. The maximum atomic E-state index is 11.9. The van der Waals surface area contributed by atoms with E-state index in [4.69, 9.17) is 4.74 Å². The van der Waals surface area contributed by atoms with Gasteiger partial charge in [-0.3, -0.25) is 4.79 Å².